The summed E-state index contributed by atoms with van der Waals surface area (Å²) in [6.45, 7) is 11.1. The van der Waals surface area contributed by atoms with Crippen molar-refractivity contribution in [2.45, 2.75) is 52.1 Å². The number of methoxy groups -OCH3 is 2. The molecule has 0 heterocycles. The Bertz CT molecular complexity index is 1090. The number of ether oxygens (including phenoxy) is 3. The maximum Gasteiger partial charge on any atom is 0.327 e. The molecule has 0 radical (unpaired) electrons. The lowest BCUT2D eigenvalue weighted by atomic mass is 9.79. The van der Waals surface area contributed by atoms with Gasteiger partial charge in [0, 0.05) is 0 Å². The van der Waals surface area contributed by atoms with E-state index in [9.17, 15) is 0 Å². The van der Waals surface area contributed by atoms with Gasteiger partial charge in [-0.1, -0.05) is 75.4 Å². The largest absolute Gasteiger partial charge is 0.497 e. The second kappa shape index (κ2) is 18.3. The second-order valence-electron chi connectivity index (χ2n) is 10.9. The smallest absolute Gasteiger partial charge is 0.327 e. The van der Waals surface area contributed by atoms with Crippen LogP contribution in [0.5, 0.6) is 11.5 Å². The van der Waals surface area contributed by atoms with E-state index in [1.165, 1.54) is 19.6 Å². The van der Waals surface area contributed by atoms with E-state index < -0.39 is 14.2 Å². The van der Waals surface area contributed by atoms with Crippen molar-refractivity contribution >= 4 is 8.60 Å². The zero-order valence-corrected chi connectivity index (χ0v) is 27.3. The normalized spacial score (nSPS) is 17.0. The summed E-state index contributed by atoms with van der Waals surface area (Å²) in [4.78, 5) is 20.5. The molecule has 43 heavy (non-hydrogen) atoms. The lowest BCUT2D eigenvalue weighted by Crippen LogP contribution is -2.35. The van der Waals surface area contributed by atoms with E-state index in [0.717, 1.165) is 53.9 Å². The molecule has 4 rings (SSSR count). The van der Waals surface area contributed by atoms with E-state index in [2.05, 4.69) is 62.1 Å². The zero-order chi connectivity index (χ0) is 31.1. The predicted octanol–water partition coefficient (Wildman–Crippen LogP) is 7.39. The molecule has 3 aromatic rings. The van der Waals surface area contributed by atoms with Crippen molar-refractivity contribution in [3.8, 4) is 11.5 Å². The van der Waals surface area contributed by atoms with Crippen molar-refractivity contribution in [3.63, 3.8) is 0 Å². The first-order chi connectivity index (χ1) is 20.9. The molecule has 0 amide bonds. The van der Waals surface area contributed by atoms with Gasteiger partial charge in [0.15, 0.2) is 0 Å². The molecule has 0 saturated heterocycles. The van der Waals surface area contributed by atoms with E-state index in [1.807, 2.05) is 42.5 Å². The minimum atomic E-state index is -2.29. The molecule has 0 aromatic heterocycles. The summed E-state index contributed by atoms with van der Waals surface area (Å²) in [6.07, 6.45) is 4.00. The molecule has 2 N–H and O–H groups in total. The van der Waals surface area contributed by atoms with Gasteiger partial charge in [-0.3, -0.25) is 0 Å². The Kier molecular flexibility index (Phi) is 14.9. The average molecular weight is 612 g/mol. The molecule has 1 aliphatic carbocycles. The third-order valence-corrected chi connectivity index (χ3v) is 8.82. The average Bonchev–Trinajstić information content (AvgIpc) is 3.06. The summed E-state index contributed by atoms with van der Waals surface area (Å²) in [6, 6.07) is 26.5. The van der Waals surface area contributed by atoms with Gasteiger partial charge >= 0.3 is 8.60 Å². The minimum absolute atomic E-state index is 0.354. The van der Waals surface area contributed by atoms with Crippen LogP contribution in [0.3, 0.4) is 0 Å². The van der Waals surface area contributed by atoms with Gasteiger partial charge in [0.2, 0.25) is 0 Å². The highest BCUT2D eigenvalue weighted by atomic mass is 31.2. The molecular weight excluding hydrogens is 561 g/mol. The fourth-order valence-corrected chi connectivity index (χ4v) is 6.07. The highest BCUT2D eigenvalue weighted by molar-refractivity contribution is 7.39. The van der Waals surface area contributed by atoms with Gasteiger partial charge in [0.05, 0.1) is 27.4 Å². The lowest BCUT2D eigenvalue weighted by molar-refractivity contribution is -0.0188. The van der Waals surface area contributed by atoms with Crippen LogP contribution < -0.4 is 9.47 Å². The van der Waals surface area contributed by atoms with E-state index in [0.29, 0.717) is 25.0 Å². The third-order valence-electron chi connectivity index (χ3n) is 8.44. The number of nitrogens with zero attached hydrogens (tertiary/aromatic N) is 1. The van der Waals surface area contributed by atoms with Gasteiger partial charge in [-0.15, -0.1) is 0 Å². The summed E-state index contributed by atoms with van der Waals surface area (Å²) in [5.74, 6) is 2.36. The molecule has 236 valence electrons. The number of hydrogen-bond acceptors (Lipinski definition) is 7. The molecule has 0 spiro atoms. The van der Waals surface area contributed by atoms with Crippen molar-refractivity contribution in [2.24, 2.45) is 11.8 Å². The Balaban J connectivity index is 0.000000646. The van der Waals surface area contributed by atoms with Crippen LogP contribution in [-0.2, 0) is 14.9 Å². The van der Waals surface area contributed by atoms with E-state index >= 15 is 0 Å². The van der Waals surface area contributed by atoms with E-state index in [-0.39, 0.29) is 0 Å². The van der Waals surface area contributed by atoms with Gasteiger partial charge in [-0.25, -0.2) is 0 Å². The summed E-state index contributed by atoms with van der Waals surface area (Å²) in [5, 5.41) is 0. The summed E-state index contributed by atoms with van der Waals surface area (Å²) >= 11 is 0. The van der Waals surface area contributed by atoms with Crippen LogP contribution in [0, 0.1) is 11.8 Å². The molecule has 0 atom stereocenters. The standard InChI is InChI=1S/C29H35O6P.C6H15N/c1-32-27-16-12-25(13-17-27)29(24-6-4-3-5-7-24,26-14-18-28(33-2)19-15-26)34-20-22-8-10-23(11-9-22)21-35-36(30)31;1-4-7(5-2)6-3/h3-7,12-19,22-23,30-31H,8-11,20-21H2,1-2H3;4-6H2,1-3H3. The molecule has 1 aliphatic rings. The summed E-state index contributed by atoms with van der Waals surface area (Å²) in [5.41, 5.74) is 2.31. The van der Waals surface area contributed by atoms with Crippen LogP contribution in [0.15, 0.2) is 78.9 Å². The zero-order valence-electron chi connectivity index (χ0n) is 26.4. The molecule has 8 heteroatoms. The SMILES string of the molecule is CCN(CC)CC.COc1ccc(C(OCC2CCC(COP(O)O)CC2)(c2ccccc2)c2ccc(OC)cc2)cc1. The Morgan fingerprint density at radius 1 is 0.651 bits per heavy atom. The quantitative estimate of drug-likeness (QED) is 0.145. The molecule has 0 bridgehead atoms. The topological polar surface area (TPSA) is 80.6 Å². The number of benzene rings is 3. The van der Waals surface area contributed by atoms with Gasteiger partial charge in [-0.05, 0) is 98.1 Å². The predicted molar refractivity (Wildman–Crippen MR) is 174 cm³/mol. The molecule has 0 aliphatic heterocycles. The van der Waals surface area contributed by atoms with Crippen LogP contribution >= 0.6 is 8.60 Å². The van der Waals surface area contributed by atoms with Gasteiger partial charge in [0.25, 0.3) is 0 Å². The lowest BCUT2D eigenvalue weighted by Gasteiger charge is -2.38. The Morgan fingerprint density at radius 2 is 1.07 bits per heavy atom. The Morgan fingerprint density at radius 3 is 1.44 bits per heavy atom. The van der Waals surface area contributed by atoms with E-state index in [4.69, 9.17) is 28.5 Å². The summed E-state index contributed by atoms with van der Waals surface area (Å²) < 4.78 is 22.9. The highest BCUT2D eigenvalue weighted by Crippen LogP contribution is 2.43. The first-order valence-electron chi connectivity index (χ1n) is 15.4. The van der Waals surface area contributed by atoms with Crippen molar-refractivity contribution in [1.29, 1.82) is 0 Å². The molecule has 3 aromatic carbocycles. The maximum atomic E-state index is 9.06. The molecule has 0 unspecified atom stereocenters. The molecule has 1 fully saturated rings. The van der Waals surface area contributed by atoms with Crippen LogP contribution in [0.2, 0.25) is 0 Å². The van der Waals surface area contributed by atoms with Gasteiger partial charge < -0.3 is 33.4 Å². The Hall–Kier alpha value is -2.51. The first kappa shape index (κ1) is 35.0. The first-order valence-corrected chi connectivity index (χ1v) is 16.6. The van der Waals surface area contributed by atoms with Crippen LogP contribution in [0.25, 0.3) is 0 Å². The van der Waals surface area contributed by atoms with Crippen LogP contribution in [-0.4, -0.2) is 61.8 Å². The monoisotopic (exact) mass is 611 g/mol. The molecular formula is C35H50NO6P. The van der Waals surface area contributed by atoms with Crippen molar-refractivity contribution in [3.05, 3.63) is 95.6 Å². The van der Waals surface area contributed by atoms with Gasteiger partial charge in [-0.2, -0.15) is 0 Å². The second-order valence-corrected chi connectivity index (χ2v) is 11.6. The third kappa shape index (κ3) is 10.0. The van der Waals surface area contributed by atoms with E-state index in [1.54, 1.807) is 14.2 Å². The van der Waals surface area contributed by atoms with Crippen LogP contribution in [0.1, 0.15) is 63.1 Å². The fraction of sp³-hybridized carbons (Fsp3) is 0.486. The fourth-order valence-electron chi connectivity index (χ4n) is 5.72. The summed E-state index contributed by atoms with van der Waals surface area (Å²) in [7, 11) is 1.05. The van der Waals surface area contributed by atoms with Crippen molar-refractivity contribution in [2.75, 3.05) is 47.1 Å². The molecule has 1 saturated carbocycles. The van der Waals surface area contributed by atoms with Gasteiger partial charge in [0.1, 0.15) is 17.1 Å². The minimum Gasteiger partial charge on any atom is -0.497 e. The Labute approximate surface area is 259 Å². The number of rotatable bonds is 14. The van der Waals surface area contributed by atoms with Crippen molar-refractivity contribution in [1.82, 2.24) is 4.90 Å². The number of hydrogen-bond donors (Lipinski definition) is 2. The highest BCUT2D eigenvalue weighted by Gasteiger charge is 2.39. The maximum absolute atomic E-state index is 9.06. The van der Waals surface area contributed by atoms with Crippen LogP contribution in [0.4, 0.5) is 0 Å². The van der Waals surface area contributed by atoms with Crippen molar-refractivity contribution < 1.29 is 28.5 Å². The molecule has 7 nitrogen and oxygen atoms in total.